The minimum Gasteiger partial charge on any atom is -0.278 e. The molecule has 0 saturated heterocycles. The Morgan fingerprint density at radius 1 is 1.17 bits per heavy atom. The predicted molar refractivity (Wildman–Crippen MR) is 67.0 cm³/mol. The van der Waals surface area contributed by atoms with Crippen molar-refractivity contribution in [1.82, 2.24) is 0 Å². The first-order valence-corrected chi connectivity index (χ1v) is 5.93. The first-order valence-electron chi connectivity index (χ1n) is 5.05. The number of thiophene rings is 1. The van der Waals surface area contributed by atoms with E-state index >= 15 is 0 Å². The molecule has 1 N–H and O–H groups in total. The summed E-state index contributed by atoms with van der Waals surface area (Å²) in [6, 6.07) is 8.64. The van der Waals surface area contributed by atoms with Gasteiger partial charge in [-0.05, 0) is 29.6 Å². The van der Waals surface area contributed by atoms with Gasteiger partial charge in [0.25, 0.3) is 0 Å². The molecule has 0 atom stereocenters. The van der Waals surface area contributed by atoms with E-state index in [1.54, 1.807) is 6.21 Å². The van der Waals surface area contributed by atoms with Crippen LogP contribution in [0.15, 0.2) is 46.9 Å². The van der Waals surface area contributed by atoms with E-state index in [2.05, 4.69) is 10.5 Å². The third-order valence-corrected chi connectivity index (χ3v) is 2.93. The second kappa shape index (κ2) is 5.22. The second-order valence-corrected chi connectivity index (χ2v) is 4.44. The minimum atomic E-state index is -4.34. The fourth-order valence-electron chi connectivity index (χ4n) is 1.30. The normalized spacial score (nSPS) is 11.9. The van der Waals surface area contributed by atoms with Crippen LogP contribution >= 0.6 is 11.3 Å². The van der Waals surface area contributed by atoms with E-state index in [-0.39, 0.29) is 0 Å². The van der Waals surface area contributed by atoms with Gasteiger partial charge in [-0.15, -0.1) is 11.3 Å². The summed E-state index contributed by atoms with van der Waals surface area (Å²) in [5.74, 6) is 0. The molecule has 1 heterocycles. The van der Waals surface area contributed by atoms with Crippen molar-refractivity contribution in [2.24, 2.45) is 5.10 Å². The van der Waals surface area contributed by atoms with Crippen molar-refractivity contribution in [3.05, 3.63) is 52.2 Å². The molecule has 0 fully saturated rings. The van der Waals surface area contributed by atoms with Gasteiger partial charge in [0.15, 0.2) is 0 Å². The lowest BCUT2D eigenvalue weighted by Crippen LogP contribution is -2.05. The van der Waals surface area contributed by atoms with Crippen LogP contribution in [0.3, 0.4) is 0 Å². The van der Waals surface area contributed by atoms with Crippen molar-refractivity contribution in [2.75, 3.05) is 5.43 Å². The maximum Gasteiger partial charge on any atom is 0.416 e. The first-order chi connectivity index (χ1) is 8.55. The zero-order chi connectivity index (χ0) is 13.0. The van der Waals surface area contributed by atoms with E-state index in [0.29, 0.717) is 5.69 Å². The fraction of sp³-hybridized carbons (Fsp3) is 0.0833. The maximum atomic E-state index is 12.4. The summed E-state index contributed by atoms with van der Waals surface area (Å²) in [5, 5.41) is 5.77. The van der Waals surface area contributed by atoms with Crippen LogP contribution in [-0.4, -0.2) is 6.21 Å². The number of benzene rings is 1. The summed E-state index contributed by atoms with van der Waals surface area (Å²) in [7, 11) is 0. The maximum absolute atomic E-state index is 12.4. The molecule has 0 aliphatic heterocycles. The number of nitrogens with one attached hydrogen (secondary N) is 1. The average Bonchev–Trinajstić information content (AvgIpc) is 2.81. The quantitative estimate of drug-likeness (QED) is 0.655. The third kappa shape index (κ3) is 3.33. The first kappa shape index (κ1) is 12.6. The number of alkyl halides is 3. The fourth-order valence-corrected chi connectivity index (χ4v) is 1.89. The van der Waals surface area contributed by atoms with Crippen LogP contribution in [0.1, 0.15) is 10.4 Å². The standard InChI is InChI=1S/C12H9F3N2S/c13-12(14,15)9-3-1-4-10(7-9)17-16-8-11-5-2-6-18-11/h1-8,17H/b16-8+. The van der Waals surface area contributed by atoms with Gasteiger partial charge in [-0.2, -0.15) is 18.3 Å². The summed E-state index contributed by atoms with van der Waals surface area (Å²) in [4.78, 5) is 0.925. The Bertz CT molecular complexity index is 533. The number of rotatable bonds is 3. The molecule has 2 rings (SSSR count). The SMILES string of the molecule is FC(F)(F)c1cccc(N/N=C/c2cccs2)c1. The van der Waals surface area contributed by atoms with Crippen LogP contribution in [0.5, 0.6) is 0 Å². The minimum absolute atomic E-state index is 0.303. The van der Waals surface area contributed by atoms with E-state index < -0.39 is 11.7 Å². The largest absolute Gasteiger partial charge is 0.416 e. The van der Waals surface area contributed by atoms with Crippen molar-refractivity contribution in [3.63, 3.8) is 0 Å². The highest BCUT2D eigenvalue weighted by Gasteiger charge is 2.30. The lowest BCUT2D eigenvalue weighted by atomic mass is 10.2. The highest BCUT2D eigenvalue weighted by atomic mass is 32.1. The van der Waals surface area contributed by atoms with E-state index in [4.69, 9.17) is 0 Å². The molecule has 18 heavy (non-hydrogen) atoms. The van der Waals surface area contributed by atoms with E-state index in [9.17, 15) is 13.2 Å². The summed E-state index contributed by atoms with van der Waals surface area (Å²) in [6.45, 7) is 0. The lowest BCUT2D eigenvalue weighted by Gasteiger charge is -2.07. The molecule has 0 amide bonds. The Morgan fingerprint density at radius 2 is 2.00 bits per heavy atom. The Balaban J connectivity index is 2.06. The molecule has 0 saturated carbocycles. The lowest BCUT2D eigenvalue weighted by molar-refractivity contribution is -0.137. The number of hydrogen-bond acceptors (Lipinski definition) is 3. The van der Waals surface area contributed by atoms with Gasteiger partial charge in [-0.3, -0.25) is 5.43 Å². The molecule has 0 radical (unpaired) electrons. The van der Waals surface area contributed by atoms with Crippen LogP contribution in [0, 0.1) is 0 Å². The second-order valence-electron chi connectivity index (χ2n) is 3.46. The summed E-state index contributed by atoms with van der Waals surface area (Å²) < 4.78 is 37.3. The monoisotopic (exact) mass is 270 g/mol. The smallest absolute Gasteiger partial charge is 0.278 e. The van der Waals surface area contributed by atoms with Crippen molar-refractivity contribution in [2.45, 2.75) is 6.18 Å². The third-order valence-electron chi connectivity index (χ3n) is 2.12. The zero-order valence-electron chi connectivity index (χ0n) is 9.11. The number of halogens is 3. The summed E-state index contributed by atoms with van der Waals surface area (Å²) in [5.41, 5.74) is 2.18. The molecule has 0 aliphatic carbocycles. The predicted octanol–water partition coefficient (Wildman–Crippen LogP) is 4.21. The average molecular weight is 270 g/mol. The number of hydrogen-bond donors (Lipinski definition) is 1. The highest BCUT2D eigenvalue weighted by molar-refractivity contribution is 7.11. The molecular formula is C12H9F3N2S. The van der Waals surface area contributed by atoms with Gasteiger partial charge in [-0.25, -0.2) is 0 Å². The Hall–Kier alpha value is -1.82. The number of hydrazone groups is 1. The van der Waals surface area contributed by atoms with Gasteiger partial charge in [0.2, 0.25) is 0 Å². The van der Waals surface area contributed by atoms with Gasteiger partial charge in [-0.1, -0.05) is 12.1 Å². The van der Waals surface area contributed by atoms with Crippen LogP contribution in [-0.2, 0) is 6.18 Å². The van der Waals surface area contributed by atoms with Crippen LogP contribution in [0.4, 0.5) is 18.9 Å². The Labute approximate surface area is 106 Å². The zero-order valence-corrected chi connectivity index (χ0v) is 9.92. The molecule has 1 aromatic heterocycles. The van der Waals surface area contributed by atoms with E-state index in [1.807, 2.05) is 17.5 Å². The molecule has 1 aromatic carbocycles. The Morgan fingerprint density at radius 3 is 2.67 bits per heavy atom. The van der Waals surface area contributed by atoms with E-state index in [0.717, 1.165) is 17.0 Å². The van der Waals surface area contributed by atoms with Crippen molar-refractivity contribution in [3.8, 4) is 0 Å². The van der Waals surface area contributed by atoms with Gasteiger partial charge < -0.3 is 0 Å². The highest BCUT2D eigenvalue weighted by Crippen LogP contribution is 2.30. The molecule has 2 aromatic rings. The molecule has 0 bridgehead atoms. The molecule has 2 nitrogen and oxygen atoms in total. The van der Waals surface area contributed by atoms with Gasteiger partial charge in [0.1, 0.15) is 0 Å². The summed E-state index contributed by atoms with van der Waals surface area (Å²) >= 11 is 1.50. The Kier molecular flexibility index (Phi) is 3.66. The molecular weight excluding hydrogens is 261 g/mol. The van der Waals surface area contributed by atoms with Gasteiger partial charge in [0.05, 0.1) is 17.5 Å². The van der Waals surface area contributed by atoms with Gasteiger partial charge >= 0.3 is 6.18 Å². The number of nitrogens with zero attached hydrogens (tertiary/aromatic N) is 1. The molecule has 0 aliphatic rings. The molecule has 94 valence electrons. The molecule has 6 heteroatoms. The van der Waals surface area contributed by atoms with Crippen molar-refractivity contribution >= 4 is 23.2 Å². The van der Waals surface area contributed by atoms with Gasteiger partial charge in [0, 0.05) is 4.88 Å². The molecule has 0 spiro atoms. The summed E-state index contributed by atoms with van der Waals surface area (Å²) in [6.07, 6.45) is -2.78. The molecule has 0 unspecified atom stereocenters. The van der Waals surface area contributed by atoms with Crippen molar-refractivity contribution < 1.29 is 13.2 Å². The number of anilines is 1. The van der Waals surface area contributed by atoms with E-state index in [1.165, 1.54) is 23.5 Å². The van der Waals surface area contributed by atoms with Crippen LogP contribution in [0.25, 0.3) is 0 Å². The van der Waals surface area contributed by atoms with Crippen LogP contribution in [0.2, 0.25) is 0 Å². The topological polar surface area (TPSA) is 24.4 Å². The van der Waals surface area contributed by atoms with Crippen molar-refractivity contribution in [1.29, 1.82) is 0 Å². The van der Waals surface area contributed by atoms with Crippen LogP contribution < -0.4 is 5.43 Å².